The summed E-state index contributed by atoms with van der Waals surface area (Å²) < 4.78 is 13.3. The summed E-state index contributed by atoms with van der Waals surface area (Å²) in [6, 6.07) is 10.7. The fraction of sp³-hybridized carbons (Fsp3) is 0. The van der Waals surface area contributed by atoms with Gasteiger partial charge in [0.1, 0.15) is 5.82 Å². The molecule has 1 aromatic heterocycles. The molecule has 0 bridgehead atoms. The normalized spacial score (nSPS) is 10.3. The average Bonchev–Trinajstić information content (AvgIpc) is 2.50. The number of aromatic nitrogens is 1. The first kappa shape index (κ1) is 14.3. The van der Waals surface area contributed by atoms with Gasteiger partial charge in [0.2, 0.25) is 0 Å². The maximum absolute atomic E-state index is 13.3. The van der Waals surface area contributed by atoms with E-state index in [1.54, 1.807) is 24.4 Å². The highest BCUT2D eigenvalue weighted by molar-refractivity contribution is 6.39. The Morgan fingerprint density at radius 1 is 1.10 bits per heavy atom. The number of para-hydroxylation sites is 1. The fourth-order valence-electron chi connectivity index (χ4n) is 1.40. The highest BCUT2D eigenvalue weighted by Gasteiger charge is 2.14. The summed E-state index contributed by atoms with van der Waals surface area (Å²) in [4.78, 5) is 26.9. The molecule has 0 aliphatic heterocycles. The molecular formula is C14H11FN4O2. The summed E-state index contributed by atoms with van der Waals surface area (Å²) in [5.74, 6) is -2.65. The van der Waals surface area contributed by atoms with Crippen molar-refractivity contribution < 1.29 is 14.0 Å². The molecule has 2 amide bonds. The molecule has 0 radical (unpaired) electrons. The van der Waals surface area contributed by atoms with Gasteiger partial charge in [-0.25, -0.2) is 9.82 Å². The SMILES string of the molecule is O=C(N/N=C\c1ccccn1)C(=O)Nc1ccccc1F. The van der Waals surface area contributed by atoms with E-state index in [0.29, 0.717) is 5.69 Å². The van der Waals surface area contributed by atoms with Crippen LogP contribution in [0.25, 0.3) is 0 Å². The van der Waals surface area contributed by atoms with Crippen LogP contribution in [0.2, 0.25) is 0 Å². The Bertz CT molecular complexity index is 674. The van der Waals surface area contributed by atoms with Crippen LogP contribution in [-0.4, -0.2) is 23.0 Å². The lowest BCUT2D eigenvalue weighted by Gasteiger charge is -2.04. The predicted octanol–water partition coefficient (Wildman–Crippen LogP) is 1.31. The molecule has 0 spiro atoms. The van der Waals surface area contributed by atoms with Crippen molar-refractivity contribution >= 4 is 23.7 Å². The van der Waals surface area contributed by atoms with E-state index in [4.69, 9.17) is 0 Å². The Kier molecular flexibility index (Phi) is 4.70. The van der Waals surface area contributed by atoms with Gasteiger partial charge in [-0.3, -0.25) is 14.6 Å². The monoisotopic (exact) mass is 286 g/mol. The molecule has 0 aliphatic carbocycles. The van der Waals surface area contributed by atoms with Crippen LogP contribution >= 0.6 is 0 Å². The van der Waals surface area contributed by atoms with E-state index in [2.05, 4.69) is 15.4 Å². The Hall–Kier alpha value is -3.09. The summed E-state index contributed by atoms with van der Waals surface area (Å²) in [6.07, 6.45) is 2.85. The number of amides is 2. The zero-order valence-electron chi connectivity index (χ0n) is 10.8. The van der Waals surface area contributed by atoms with Crippen molar-refractivity contribution in [3.8, 4) is 0 Å². The number of hydrogen-bond donors (Lipinski definition) is 2. The Balaban J connectivity index is 1.90. The Morgan fingerprint density at radius 3 is 2.57 bits per heavy atom. The molecule has 1 heterocycles. The van der Waals surface area contributed by atoms with Gasteiger partial charge in [0.05, 0.1) is 17.6 Å². The summed E-state index contributed by atoms with van der Waals surface area (Å²) in [5.41, 5.74) is 2.47. The van der Waals surface area contributed by atoms with Gasteiger partial charge in [0, 0.05) is 6.20 Å². The molecule has 0 saturated heterocycles. The van der Waals surface area contributed by atoms with Crippen molar-refractivity contribution in [2.45, 2.75) is 0 Å². The third-order valence-corrected chi connectivity index (χ3v) is 2.38. The number of hydrazone groups is 1. The molecule has 6 nitrogen and oxygen atoms in total. The van der Waals surface area contributed by atoms with Crippen molar-refractivity contribution in [2.24, 2.45) is 5.10 Å². The highest BCUT2D eigenvalue weighted by atomic mass is 19.1. The second-order valence-electron chi connectivity index (χ2n) is 3.89. The number of anilines is 1. The van der Waals surface area contributed by atoms with Crippen LogP contribution < -0.4 is 10.7 Å². The third kappa shape index (κ3) is 4.20. The number of carbonyl (C=O) groups is 2. The van der Waals surface area contributed by atoms with Gasteiger partial charge in [0.15, 0.2) is 0 Å². The number of pyridine rings is 1. The number of halogens is 1. The minimum atomic E-state index is -1.02. The number of nitrogens with one attached hydrogen (secondary N) is 2. The maximum atomic E-state index is 13.3. The molecule has 0 fully saturated rings. The van der Waals surface area contributed by atoms with E-state index < -0.39 is 17.6 Å². The van der Waals surface area contributed by atoms with Crippen LogP contribution in [0.15, 0.2) is 53.8 Å². The van der Waals surface area contributed by atoms with Gasteiger partial charge >= 0.3 is 11.8 Å². The third-order valence-electron chi connectivity index (χ3n) is 2.38. The molecule has 0 aliphatic rings. The van der Waals surface area contributed by atoms with Gasteiger partial charge in [0.25, 0.3) is 0 Å². The van der Waals surface area contributed by atoms with E-state index in [0.717, 1.165) is 0 Å². The van der Waals surface area contributed by atoms with Crippen LogP contribution in [0.3, 0.4) is 0 Å². The molecule has 0 unspecified atom stereocenters. The molecule has 1 aromatic carbocycles. The quantitative estimate of drug-likeness (QED) is 0.507. The minimum absolute atomic E-state index is 0.0774. The number of hydrogen-bond acceptors (Lipinski definition) is 4. The standard InChI is InChI=1S/C14H11FN4O2/c15-11-6-1-2-7-12(11)18-13(20)14(21)19-17-9-10-5-3-4-8-16-10/h1-9H,(H,18,20)(H,19,21)/b17-9-. The Morgan fingerprint density at radius 2 is 1.86 bits per heavy atom. The van der Waals surface area contributed by atoms with Crippen molar-refractivity contribution in [3.05, 3.63) is 60.2 Å². The minimum Gasteiger partial charge on any atom is -0.315 e. The van der Waals surface area contributed by atoms with Crippen molar-refractivity contribution in [1.82, 2.24) is 10.4 Å². The predicted molar refractivity (Wildman–Crippen MR) is 75.0 cm³/mol. The number of nitrogens with zero attached hydrogens (tertiary/aromatic N) is 2. The van der Waals surface area contributed by atoms with Crippen LogP contribution in [0.1, 0.15) is 5.69 Å². The number of carbonyl (C=O) groups excluding carboxylic acids is 2. The number of benzene rings is 1. The first-order valence-corrected chi connectivity index (χ1v) is 5.97. The van der Waals surface area contributed by atoms with E-state index >= 15 is 0 Å². The molecule has 106 valence electrons. The first-order valence-electron chi connectivity index (χ1n) is 5.97. The summed E-state index contributed by atoms with van der Waals surface area (Å²) in [5, 5.41) is 5.73. The van der Waals surface area contributed by atoms with Crippen molar-refractivity contribution in [1.29, 1.82) is 0 Å². The lowest BCUT2D eigenvalue weighted by atomic mass is 10.3. The largest absolute Gasteiger partial charge is 0.329 e. The molecule has 7 heteroatoms. The van der Waals surface area contributed by atoms with Crippen LogP contribution in [0, 0.1) is 5.82 Å². The fourth-order valence-corrected chi connectivity index (χ4v) is 1.40. The zero-order valence-corrected chi connectivity index (χ0v) is 10.8. The summed E-state index contributed by atoms with van der Waals surface area (Å²) in [6.45, 7) is 0. The zero-order chi connectivity index (χ0) is 15.1. The highest BCUT2D eigenvalue weighted by Crippen LogP contribution is 2.11. The molecular weight excluding hydrogens is 275 g/mol. The lowest BCUT2D eigenvalue weighted by Crippen LogP contribution is -2.32. The Labute approximate surface area is 119 Å². The van der Waals surface area contributed by atoms with Gasteiger partial charge in [-0.1, -0.05) is 18.2 Å². The summed E-state index contributed by atoms with van der Waals surface area (Å²) >= 11 is 0. The van der Waals surface area contributed by atoms with E-state index in [9.17, 15) is 14.0 Å². The first-order chi connectivity index (χ1) is 10.2. The van der Waals surface area contributed by atoms with E-state index in [-0.39, 0.29) is 5.69 Å². The molecule has 0 atom stereocenters. The average molecular weight is 286 g/mol. The van der Waals surface area contributed by atoms with Crippen LogP contribution in [0.5, 0.6) is 0 Å². The van der Waals surface area contributed by atoms with Gasteiger partial charge in [-0.15, -0.1) is 0 Å². The molecule has 2 N–H and O–H groups in total. The molecule has 21 heavy (non-hydrogen) atoms. The maximum Gasteiger partial charge on any atom is 0.329 e. The van der Waals surface area contributed by atoms with Crippen molar-refractivity contribution in [3.63, 3.8) is 0 Å². The van der Waals surface area contributed by atoms with Gasteiger partial charge < -0.3 is 5.32 Å². The van der Waals surface area contributed by atoms with E-state index in [1.165, 1.54) is 30.5 Å². The second kappa shape index (κ2) is 6.90. The lowest BCUT2D eigenvalue weighted by molar-refractivity contribution is -0.136. The molecule has 2 aromatic rings. The van der Waals surface area contributed by atoms with Crippen molar-refractivity contribution in [2.75, 3.05) is 5.32 Å². The smallest absolute Gasteiger partial charge is 0.315 e. The van der Waals surface area contributed by atoms with Gasteiger partial charge in [-0.2, -0.15) is 5.10 Å². The molecule has 2 rings (SSSR count). The van der Waals surface area contributed by atoms with E-state index in [1.807, 2.05) is 5.43 Å². The number of rotatable bonds is 3. The van der Waals surface area contributed by atoms with Crippen LogP contribution in [0.4, 0.5) is 10.1 Å². The topological polar surface area (TPSA) is 83.5 Å². The molecule has 0 saturated carbocycles. The second-order valence-corrected chi connectivity index (χ2v) is 3.89. The van der Waals surface area contributed by atoms with Gasteiger partial charge in [-0.05, 0) is 24.3 Å². The van der Waals surface area contributed by atoms with Crippen LogP contribution in [-0.2, 0) is 9.59 Å². The summed E-state index contributed by atoms with van der Waals surface area (Å²) in [7, 11) is 0.